The molecule has 0 saturated carbocycles. The van der Waals surface area contributed by atoms with Gasteiger partial charge in [0, 0.05) is 0 Å². The molecule has 0 amide bonds. The molecule has 1 aliphatic rings. The number of aryl methyl sites for hydroxylation is 1. The lowest BCUT2D eigenvalue weighted by Crippen LogP contribution is -2.29. The van der Waals surface area contributed by atoms with E-state index >= 15 is 0 Å². The van der Waals surface area contributed by atoms with E-state index < -0.39 is 9.84 Å². The average Bonchev–Trinajstić information content (AvgIpc) is 2.80. The third-order valence-electron chi connectivity index (χ3n) is 3.12. The van der Waals surface area contributed by atoms with Gasteiger partial charge in [-0.15, -0.1) is 0 Å². The minimum Gasteiger partial charge on any atom is -0.290 e. The van der Waals surface area contributed by atoms with Gasteiger partial charge in [-0.1, -0.05) is 30.3 Å². The Morgan fingerprint density at radius 2 is 1.71 bits per heavy atom. The Kier molecular flexibility index (Phi) is 4.18. The van der Waals surface area contributed by atoms with Crippen LogP contribution >= 0.6 is 0 Å². The second-order valence-electron chi connectivity index (χ2n) is 4.64. The van der Waals surface area contributed by atoms with Crippen LogP contribution in [0.15, 0.2) is 30.3 Å². The summed E-state index contributed by atoms with van der Waals surface area (Å²) >= 11 is 0. The second kappa shape index (κ2) is 5.65. The molecule has 4 heteroatoms. The molecule has 0 aromatic heterocycles. The Bertz CT molecular complexity index is 436. The van der Waals surface area contributed by atoms with Crippen LogP contribution < -0.4 is 0 Å². The summed E-state index contributed by atoms with van der Waals surface area (Å²) in [5.74, 6) is 0.493. The van der Waals surface area contributed by atoms with Crippen molar-refractivity contribution in [1.82, 2.24) is 4.90 Å². The summed E-state index contributed by atoms with van der Waals surface area (Å²) in [5.41, 5.74) is 1.09. The minimum absolute atomic E-state index is 0.236. The molecule has 3 nitrogen and oxygen atoms in total. The molecule has 0 atom stereocenters. The van der Waals surface area contributed by atoms with Crippen molar-refractivity contribution >= 4 is 9.84 Å². The van der Waals surface area contributed by atoms with Crippen molar-refractivity contribution in [3.63, 3.8) is 0 Å². The maximum absolute atomic E-state index is 11.9. The van der Waals surface area contributed by atoms with Gasteiger partial charge in [0.1, 0.15) is 5.88 Å². The van der Waals surface area contributed by atoms with Crippen molar-refractivity contribution in [2.45, 2.75) is 19.3 Å². The first-order chi connectivity index (χ1) is 8.16. The summed E-state index contributed by atoms with van der Waals surface area (Å²) in [6.45, 7) is 1.87. The standard InChI is InChI=1S/C13H19NO2S/c15-17(16,12-14-9-4-5-10-14)11-8-13-6-2-1-3-7-13/h1-3,6-7H,4-5,8-12H2. The second-order valence-corrected chi connectivity index (χ2v) is 6.79. The number of hydrogen-bond donors (Lipinski definition) is 0. The van der Waals surface area contributed by atoms with E-state index in [9.17, 15) is 8.42 Å². The number of benzene rings is 1. The zero-order valence-electron chi connectivity index (χ0n) is 10.0. The molecule has 1 fully saturated rings. The number of hydrogen-bond acceptors (Lipinski definition) is 3. The normalized spacial score (nSPS) is 17.4. The van der Waals surface area contributed by atoms with Gasteiger partial charge in [0.15, 0.2) is 9.84 Å². The monoisotopic (exact) mass is 253 g/mol. The van der Waals surface area contributed by atoms with E-state index in [2.05, 4.69) is 0 Å². The van der Waals surface area contributed by atoms with Gasteiger partial charge in [0.05, 0.1) is 5.75 Å². The quantitative estimate of drug-likeness (QED) is 0.801. The highest BCUT2D eigenvalue weighted by molar-refractivity contribution is 7.91. The zero-order chi connectivity index (χ0) is 12.1. The fraction of sp³-hybridized carbons (Fsp3) is 0.538. The van der Waals surface area contributed by atoms with Crippen LogP contribution in [-0.4, -0.2) is 38.0 Å². The highest BCUT2D eigenvalue weighted by atomic mass is 32.2. The van der Waals surface area contributed by atoms with Crippen molar-refractivity contribution in [3.05, 3.63) is 35.9 Å². The van der Waals surface area contributed by atoms with Gasteiger partial charge in [-0.3, -0.25) is 4.90 Å². The highest BCUT2D eigenvalue weighted by Gasteiger charge is 2.19. The number of rotatable bonds is 5. The van der Waals surface area contributed by atoms with E-state index in [1.54, 1.807) is 0 Å². The summed E-state index contributed by atoms with van der Waals surface area (Å²) in [4.78, 5) is 2.04. The molecular weight excluding hydrogens is 234 g/mol. The molecule has 1 aromatic carbocycles. The number of nitrogens with zero attached hydrogens (tertiary/aromatic N) is 1. The molecular formula is C13H19NO2S. The molecule has 1 saturated heterocycles. The molecule has 2 rings (SSSR count). The third kappa shape index (κ3) is 4.13. The van der Waals surface area contributed by atoms with Crippen LogP contribution in [0.25, 0.3) is 0 Å². The van der Waals surface area contributed by atoms with Crippen molar-refractivity contribution in [2.24, 2.45) is 0 Å². The van der Waals surface area contributed by atoms with Gasteiger partial charge in [0.2, 0.25) is 0 Å². The van der Waals surface area contributed by atoms with Crippen LogP contribution in [0.2, 0.25) is 0 Å². The Morgan fingerprint density at radius 1 is 1.06 bits per heavy atom. The maximum Gasteiger partial charge on any atom is 0.163 e. The lowest BCUT2D eigenvalue weighted by molar-refractivity contribution is 0.388. The average molecular weight is 253 g/mol. The van der Waals surface area contributed by atoms with E-state index in [1.807, 2.05) is 35.2 Å². The van der Waals surface area contributed by atoms with Crippen molar-refractivity contribution in [2.75, 3.05) is 24.7 Å². The third-order valence-corrected chi connectivity index (χ3v) is 4.71. The summed E-state index contributed by atoms with van der Waals surface area (Å²) in [5, 5.41) is 0. The fourth-order valence-electron chi connectivity index (χ4n) is 2.17. The lowest BCUT2D eigenvalue weighted by Gasteiger charge is -2.14. The molecule has 1 aromatic rings. The largest absolute Gasteiger partial charge is 0.290 e. The summed E-state index contributed by atoms with van der Waals surface area (Å²) in [6.07, 6.45) is 2.89. The van der Waals surface area contributed by atoms with Gasteiger partial charge < -0.3 is 0 Å². The highest BCUT2D eigenvalue weighted by Crippen LogP contribution is 2.10. The molecule has 1 aliphatic heterocycles. The predicted octanol–water partition coefficient (Wildman–Crippen LogP) is 1.70. The molecule has 0 aliphatic carbocycles. The van der Waals surface area contributed by atoms with Crippen LogP contribution in [0.3, 0.4) is 0 Å². The smallest absolute Gasteiger partial charge is 0.163 e. The first kappa shape index (κ1) is 12.6. The van der Waals surface area contributed by atoms with E-state index in [1.165, 1.54) is 0 Å². The molecule has 0 unspecified atom stereocenters. The van der Waals surface area contributed by atoms with E-state index in [-0.39, 0.29) is 11.6 Å². The fourth-order valence-corrected chi connectivity index (χ4v) is 3.66. The Labute approximate surface area is 103 Å². The number of sulfone groups is 1. The molecule has 0 radical (unpaired) electrons. The summed E-state index contributed by atoms with van der Waals surface area (Å²) in [7, 11) is -2.94. The van der Waals surface area contributed by atoms with Crippen molar-refractivity contribution < 1.29 is 8.42 Å². The minimum atomic E-state index is -2.94. The first-order valence-corrected chi connectivity index (χ1v) is 7.94. The SMILES string of the molecule is O=S(=O)(CCc1ccccc1)CN1CCCC1. The lowest BCUT2D eigenvalue weighted by atomic mass is 10.2. The van der Waals surface area contributed by atoms with Crippen LogP contribution in [0.4, 0.5) is 0 Å². The summed E-state index contributed by atoms with van der Waals surface area (Å²) in [6, 6.07) is 9.80. The topological polar surface area (TPSA) is 37.4 Å². The zero-order valence-corrected chi connectivity index (χ0v) is 10.8. The summed E-state index contributed by atoms with van der Waals surface area (Å²) < 4.78 is 23.8. The van der Waals surface area contributed by atoms with E-state index in [4.69, 9.17) is 0 Å². The van der Waals surface area contributed by atoms with Gasteiger partial charge in [-0.2, -0.15) is 0 Å². The first-order valence-electron chi connectivity index (χ1n) is 6.12. The Balaban J connectivity index is 1.85. The Morgan fingerprint density at radius 3 is 2.35 bits per heavy atom. The molecule has 0 N–H and O–H groups in total. The van der Waals surface area contributed by atoms with Crippen LogP contribution in [-0.2, 0) is 16.3 Å². The van der Waals surface area contributed by atoms with Crippen molar-refractivity contribution in [1.29, 1.82) is 0 Å². The van der Waals surface area contributed by atoms with Crippen LogP contribution in [0, 0.1) is 0 Å². The molecule has 0 bridgehead atoms. The molecule has 17 heavy (non-hydrogen) atoms. The van der Waals surface area contributed by atoms with Gasteiger partial charge in [-0.25, -0.2) is 8.42 Å². The van der Waals surface area contributed by atoms with Crippen LogP contribution in [0.1, 0.15) is 18.4 Å². The van der Waals surface area contributed by atoms with E-state index in [0.717, 1.165) is 31.5 Å². The van der Waals surface area contributed by atoms with Crippen molar-refractivity contribution in [3.8, 4) is 0 Å². The molecule has 1 heterocycles. The molecule has 0 spiro atoms. The maximum atomic E-state index is 11.9. The van der Waals surface area contributed by atoms with Gasteiger partial charge in [0.25, 0.3) is 0 Å². The van der Waals surface area contributed by atoms with Gasteiger partial charge >= 0.3 is 0 Å². The number of likely N-dealkylation sites (tertiary alicyclic amines) is 1. The van der Waals surface area contributed by atoms with Crippen LogP contribution in [0.5, 0.6) is 0 Å². The Hall–Kier alpha value is -0.870. The van der Waals surface area contributed by atoms with Gasteiger partial charge in [-0.05, 0) is 37.9 Å². The predicted molar refractivity (Wildman–Crippen MR) is 69.6 cm³/mol. The molecule has 94 valence electrons. The van der Waals surface area contributed by atoms with E-state index in [0.29, 0.717) is 6.42 Å².